The maximum Gasteiger partial charge on any atom is 0.323 e. The molecular formula is C16H23NO3. The van der Waals surface area contributed by atoms with Gasteiger partial charge in [0.1, 0.15) is 11.8 Å². The van der Waals surface area contributed by atoms with Crippen LogP contribution in [0.2, 0.25) is 0 Å². The molecule has 1 aromatic carbocycles. The van der Waals surface area contributed by atoms with Gasteiger partial charge in [0, 0.05) is 6.04 Å². The van der Waals surface area contributed by atoms with E-state index in [4.69, 9.17) is 9.47 Å². The number of methoxy groups -OCH3 is 1. The van der Waals surface area contributed by atoms with E-state index in [-0.39, 0.29) is 18.1 Å². The van der Waals surface area contributed by atoms with Crippen molar-refractivity contribution < 1.29 is 14.3 Å². The quantitative estimate of drug-likeness (QED) is 0.860. The van der Waals surface area contributed by atoms with Crippen molar-refractivity contribution in [2.45, 2.75) is 45.7 Å². The zero-order valence-electron chi connectivity index (χ0n) is 12.7. The zero-order valence-corrected chi connectivity index (χ0v) is 12.7. The molecule has 0 aliphatic carbocycles. The Morgan fingerprint density at radius 1 is 1.30 bits per heavy atom. The number of hydrogen-bond donors (Lipinski definition) is 1. The fraction of sp³-hybridized carbons (Fsp3) is 0.562. The summed E-state index contributed by atoms with van der Waals surface area (Å²) in [4.78, 5) is 11.8. The Balaban J connectivity index is 2.14. The Morgan fingerprint density at radius 2 is 2.05 bits per heavy atom. The lowest BCUT2D eigenvalue weighted by Gasteiger charge is -2.18. The summed E-state index contributed by atoms with van der Waals surface area (Å²) < 4.78 is 10.4. The Kier molecular flexibility index (Phi) is 4.65. The molecule has 1 aliphatic rings. The van der Waals surface area contributed by atoms with Crippen molar-refractivity contribution in [3.8, 4) is 5.75 Å². The maximum atomic E-state index is 11.8. The van der Waals surface area contributed by atoms with Crippen molar-refractivity contribution in [3.05, 3.63) is 28.8 Å². The van der Waals surface area contributed by atoms with E-state index in [0.29, 0.717) is 6.61 Å². The van der Waals surface area contributed by atoms with E-state index < -0.39 is 0 Å². The Hall–Kier alpha value is -1.55. The SMILES string of the molecule is CCOC(=O)[C@H]1CCC(c2ccc(OC)c(C)c2C)N1. The second kappa shape index (κ2) is 6.27. The first-order valence-electron chi connectivity index (χ1n) is 7.15. The molecule has 1 saturated heterocycles. The molecule has 0 spiro atoms. The van der Waals surface area contributed by atoms with Crippen LogP contribution in [0.5, 0.6) is 5.75 Å². The van der Waals surface area contributed by atoms with Crippen LogP contribution in [-0.2, 0) is 9.53 Å². The number of rotatable bonds is 4. The van der Waals surface area contributed by atoms with Gasteiger partial charge >= 0.3 is 5.97 Å². The summed E-state index contributed by atoms with van der Waals surface area (Å²) in [6.45, 7) is 6.44. The molecule has 20 heavy (non-hydrogen) atoms. The van der Waals surface area contributed by atoms with Gasteiger partial charge in [-0.1, -0.05) is 6.07 Å². The highest BCUT2D eigenvalue weighted by molar-refractivity contribution is 5.76. The molecule has 0 bridgehead atoms. The summed E-state index contributed by atoms with van der Waals surface area (Å²) in [5.41, 5.74) is 3.63. The summed E-state index contributed by atoms with van der Waals surface area (Å²) in [5.74, 6) is 0.768. The van der Waals surface area contributed by atoms with Gasteiger partial charge in [-0.25, -0.2) is 0 Å². The van der Waals surface area contributed by atoms with E-state index in [1.54, 1.807) is 7.11 Å². The topological polar surface area (TPSA) is 47.6 Å². The first-order valence-corrected chi connectivity index (χ1v) is 7.15. The van der Waals surface area contributed by atoms with E-state index >= 15 is 0 Å². The molecule has 110 valence electrons. The van der Waals surface area contributed by atoms with Crippen molar-refractivity contribution in [1.82, 2.24) is 5.32 Å². The molecule has 4 nitrogen and oxygen atoms in total. The molecule has 1 fully saturated rings. The fourth-order valence-electron chi connectivity index (χ4n) is 2.83. The van der Waals surface area contributed by atoms with Gasteiger partial charge in [0.2, 0.25) is 0 Å². The van der Waals surface area contributed by atoms with E-state index in [0.717, 1.165) is 24.2 Å². The van der Waals surface area contributed by atoms with Gasteiger partial charge in [-0.05, 0) is 56.4 Å². The second-order valence-electron chi connectivity index (χ2n) is 5.21. The largest absolute Gasteiger partial charge is 0.496 e. The van der Waals surface area contributed by atoms with Crippen LogP contribution >= 0.6 is 0 Å². The molecule has 0 amide bonds. The van der Waals surface area contributed by atoms with Gasteiger partial charge < -0.3 is 9.47 Å². The summed E-state index contributed by atoms with van der Waals surface area (Å²) in [7, 11) is 1.69. The van der Waals surface area contributed by atoms with Crippen LogP contribution < -0.4 is 10.1 Å². The molecule has 1 aromatic rings. The normalized spacial score (nSPS) is 21.8. The number of carbonyl (C=O) groups is 1. The Labute approximate surface area is 120 Å². The van der Waals surface area contributed by atoms with E-state index in [2.05, 4.69) is 25.2 Å². The van der Waals surface area contributed by atoms with Gasteiger partial charge in [-0.15, -0.1) is 0 Å². The Bertz CT molecular complexity index is 499. The lowest BCUT2D eigenvalue weighted by atomic mass is 9.96. The van der Waals surface area contributed by atoms with Crippen LogP contribution in [0.15, 0.2) is 12.1 Å². The van der Waals surface area contributed by atoms with E-state index in [1.165, 1.54) is 11.1 Å². The van der Waals surface area contributed by atoms with Crippen molar-refractivity contribution in [2.75, 3.05) is 13.7 Å². The average molecular weight is 277 g/mol. The zero-order chi connectivity index (χ0) is 14.7. The summed E-state index contributed by atoms with van der Waals surface area (Å²) in [6, 6.07) is 4.12. The van der Waals surface area contributed by atoms with Crippen LogP contribution in [0.25, 0.3) is 0 Å². The molecule has 4 heteroatoms. The third-order valence-electron chi connectivity index (χ3n) is 4.09. The highest BCUT2D eigenvalue weighted by atomic mass is 16.5. The molecule has 0 aromatic heterocycles. The lowest BCUT2D eigenvalue weighted by Crippen LogP contribution is -2.33. The Morgan fingerprint density at radius 3 is 2.70 bits per heavy atom. The van der Waals surface area contributed by atoms with Crippen LogP contribution in [0.1, 0.15) is 42.5 Å². The third-order valence-corrected chi connectivity index (χ3v) is 4.09. The van der Waals surface area contributed by atoms with Gasteiger partial charge in [0.25, 0.3) is 0 Å². The maximum absolute atomic E-state index is 11.8. The van der Waals surface area contributed by atoms with Gasteiger partial charge in [0.15, 0.2) is 0 Å². The number of esters is 1. The van der Waals surface area contributed by atoms with Crippen molar-refractivity contribution >= 4 is 5.97 Å². The number of nitrogens with one attached hydrogen (secondary N) is 1. The minimum Gasteiger partial charge on any atom is -0.496 e. The van der Waals surface area contributed by atoms with Gasteiger partial charge in [0.05, 0.1) is 13.7 Å². The first kappa shape index (κ1) is 14.9. The standard InChI is InChI=1S/C16H23NO3/c1-5-20-16(18)14-8-7-13(17-14)12-6-9-15(19-4)11(3)10(12)2/h6,9,13-14,17H,5,7-8H2,1-4H3/t13?,14-/m1/s1. The monoisotopic (exact) mass is 277 g/mol. The van der Waals surface area contributed by atoms with Crippen LogP contribution in [0.3, 0.4) is 0 Å². The third kappa shape index (κ3) is 2.80. The highest BCUT2D eigenvalue weighted by Crippen LogP contribution is 2.33. The summed E-state index contributed by atoms with van der Waals surface area (Å²) >= 11 is 0. The molecule has 2 rings (SSSR count). The van der Waals surface area contributed by atoms with Crippen molar-refractivity contribution in [2.24, 2.45) is 0 Å². The second-order valence-corrected chi connectivity index (χ2v) is 5.21. The summed E-state index contributed by atoms with van der Waals surface area (Å²) in [6.07, 6.45) is 1.78. The molecule has 1 unspecified atom stereocenters. The van der Waals surface area contributed by atoms with E-state index in [9.17, 15) is 4.79 Å². The van der Waals surface area contributed by atoms with Gasteiger partial charge in [-0.3, -0.25) is 10.1 Å². The highest BCUT2D eigenvalue weighted by Gasteiger charge is 2.31. The first-order chi connectivity index (χ1) is 9.58. The molecule has 1 N–H and O–H groups in total. The van der Waals surface area contributed by atoms with Crippen LogP contribution in [0.4, 0.5) is 0 Å². The molecular weight excluding hydrogens is 254 g/mol. The molecule has 0 radical (unpaired) electrons. The van der Waals surface area contributed by atoms with Crippen LogP contribution in [-0.4, -0.2) is 25.7 Å². The molecule has 2 atom stereocenters. The average Bonchev–Trinajstić information content (AvgIpc) is 2.91. The number of carbonyl (C=O) groups excluding carboxylic acids is 1. The molecule has 1 aliphatic heterocycles. The minimum atomic E-state index is -0.179. The number of benzene rings is 1. The number of ether oxygens (including phenoxy) is 2. The smallest absolute Gasteiger partial charge is 0.323 e. The predicted molar refractivity (Wildman–Crippen MR) is 78.0 cm³/mol. The van der Waals surface area contributed by atoms with Gasteiger partial charge in [-0.2, -0.15) is 0 Å². The number of hydrogen-bond acceptors (Lipinski definition) is 4. The van der Waals surface area contributed by atoms with Crippen molar-refractivity contribution in [3.63, 3.8) is 0 Å². The van der Waals surface area contributed by atoms with E-state index in [1.807, 2.05) is 13.0 Å². The minimum absolute atomic E-state index is 0.141. The predicted octanol–water partition coefficient (Wildman–Crippen LogP) is 2.67. The fourth-order valence-corrected chi connectivity index (χ4v) is 2.83. The lowest BCUT2D eigenvalue weighted by molar-refractivity contribution is -0.145. The summed E-state index contributed by atoms with van der Waals surface area (Å²) in [5, 5.41) is 3.38. The molecule has 0 saturated carbocycles. The molecule has 1 heterocycles. The van der Waals surface area contributed by atoms with Crippen molar-refractivity contribution in [1.29, 1.82) is 0 Å². The van der Waals surface area contributed by atoms with Crippen LogP contribution in [0, 0.1) is 13.8 Å².